The SMILES string of the molecule is COc1ccc(NC(=O)c2cccc(N3C(=O)[C@H]4[C@H]5CC[C@@H](C5)[C@@H]4C3=O)c2)cc1. The molecule has 1 saturated heterocycles. The summed E-state index contributed by atoms with van der Waals surface area (Å²) in [6.45, 7) is 0. The van der Waals surface area contributed by atoms with Crippen molar-refractivity contribution in [2.24, 2.45) is 23.7 Å². The normalized spacial score (nSPS) is 27.3. The Hall–Kier alpha value is -3.15. The lowest BCUT2D eigenvalue weighted by molar-refractivity contribution is -0.123. The van der Waals surface area contributed by atoms with Crippen molar-refractivity contribution in [3.05, 3.63) is 54.1 Å². The number of benzene rings is 2. The number of nitrogens with zero attached hydrogens (tertiary/aromatic N) is 1. The second kappa shape index (κ2) is 6.72. The van der Waals surface area contributed by atoms with Gasteiger partial charge in [-0.05, 0) is 73.6 Å². The maximum atomic E-state index is 13.0. The number of ether oxygens (including phenoxy) is 1. The molecule has 0 unspecified atom stereocenters. The van der Waals surface area contributed by atoms with Gasteiger partial charge in [0.2, 0.25) is 11.8 Å². The van der Waals surface area contributed by atoms with Crippen LogP contribution >= 0.6 is 0 Å². The van der Waals surface area contributed by atoms with Gasteiger partial charge < -0.3 is 10.1 Å². The summed E-state index contributed by atoms with van der Waals surface area (Å²) in [5.74, 6) is 0.559. The molecule has 1 N–H and O–H groups in total. The van der Waals surface area contributed by atoms with E-state index in [1.54, 1.807) is 55.6 Å². The molecule has 3 fully saturated rings. The van der Waals surface area contributed by atoms with Crippen molar-refractivity contribution in [3.63, 3.8) is 0 Å². The van der Waals surface area contributed by atoms with Crippen LogP contribution in [0.15, 0.2) is 48.5 Å². The largest absolute Gasteiger partial charge is 0.497 e. The first-order valence-electron chi connectivity index (χ1n) is 10.00. The van der Waals surface area contributed by atoms with Gasteiger partial charge in [0, 0.05) is 11.3 Å². The molecule has 2 bridgehead atoms. The van der Waals surface area contributed by atoms with Crippen LogP contribution in [0.5, 0.6) is 5.75 Å². The number of anilines is 2. The molecule has 2 aromatic carbocycles. The Balaban J connectivity index is 1.37. The molecule has 0 spiro atoms. The van der Waals surface area contributed by atoms with Gasteiger partial charge in [0.25, 0.3) is 5.91 Å². The Bertz CT molecular complexity index is 972. The first-order chi connectivity index (χ1) is 14.1. The summed E-state index contributed by atoms with van der Waals surface area (Å²) in [4.78, 5) is 40.0. The van der Waals surface area contributed by atoms with E-state index in [1.807, 2.05) is 0 Å². The zero-order valence-electron chi connectivity index (χ0n) is 16.1. The first kappa shape index (κ1) is 17.9. The Labute approximate surface area is 168 Å². The van der Waals surface area contributed by atoms with E-state index in [0.29, 0.717) is 34.5 Å². The van der Waals surface area contributed by atoms with E-state index in [1.165, 1.54) is 4.90 Å². The zero-order chi connectivity index (χ0) is 20.1. The summed E-state index contributed by atoms with van der Waals surface area (Å²) >= 11 is 0. The molecule has 1 aliphatic heterocycles. The number of hydrogen-bond acceptors (Lipinski definition) is 4. The van der Waals surface area contributed by atoms with Crippen LogP contribution in [0.2, 0.25) is 0 Å². The molecular formula is C23H22N2O4. The van der Waals surface area contributed by atoms with Crippen molar-refractivity contribution in [1.82, 2.24) is 0 Å². The van der Waals surface area contributed by atoms with Crippen molar-refractivity contribution < 1.29 is 19.1 Å². The lowest BCUT2D eigenvalue weighted by Gasteiger charge is -2.19. The van der Waals surface area contributed by atoms with Crippen LogP contribution < -0.4 is 15.0 Å². The van der Waals surface area contributed by atoms with Gasteiger partial charge in [-0.25, -0.2) is 0 Å². The van der Waals surface area contributed by atoms with Gasteiger partial charge in [0.1, 0.15) is 5.75 Å². The van der Waals surface area contributed by atoms with Gasteiger partial charge in [0.15, 0.2) is 0 Å². The number of imide groups is 1. The summed E-state index contributed by atoms with van der Waals surface area (Å²) in [5, 5.41) is 2.83. The number of hydrogen-bond donors (Lipinski definition) is 1. The minimum Gasteiger partial charge on any atom is -0.497 e. The monoisotopic (exact) mass is 390 g/mol. The van der Waals surface area contributed by atoms with E-state index in [-0.39, 0.29) is 29.6 Å². The topological polar surface area (TPSA) is 75.7 Å². The minimum absolute atomic E-state index is 0.0973. The fraction of sp³-hybridized carbons (Fsp3) is 0.348. The second-order valence-corrected chi connectivity index (χ2v) is 8.13. The van der Waals surface area contributed by atoms with Gasteiger partial charge in [-0.1, -0.05) is 6.07 Å². The predicted molar refractivity (Wildman–Crippen MR) is 108 cm³/mol. The molecule has 6 heteroatoms. The van der Waals surface area contributed by atoms with E-state index < -0.39 is 0 Å². The van der Waals surface area contributed by atoms with Crippen LogP contribution in [-0.4, -0.2) is 24.8 Å². The summed E-state index contributed by atoms with van der Waals surface area (Å²) < 4.78 is 5.12. The van der Waals surface area contributed by atoms with E-state index in [2.05, 4.69) is 5.32 Å². The number of rotatable bonds is 4. The average molecular weight is 390 g/mol. The Morgan fingerprint density at radius 1 is 1.00 bits per heavy atom. The highest BCUT2D eigenvalue weighted by Crippen LogP contribution is 2.56. The van der Waals surface area contributed by atoms with Crippen molar-refractivity contribution in [2.45, 2.75) is 19.3 Å². The maximum Gasteiger partial charge on any atom is 0.255 e. The van der Waals surface area contributed by atoms with Gasteiger partial charge in [-0.2, -0.15) is 0 Å². The number of methoxy groups -OCH3 is 1. The van der Waals surface area contributed by atoms with E-state index in [9.17, 15) is 14.4 Å². The molecule has 4 atom stereocenters. The molecule has 2 aliphatic carbocycles. The molecular weight excluding hydrogens is 368 g/mol. The molecule has 148 valence electrons. The van der Waals surface area contributed by atoms with Crippen molar-refractivity contribution in [3.8, 4) is 5.75 Å². The Morgan fingerprint density at radius 3 is 2.28 bits per heavy atom. The quantitative estimate of drug-likeness (QED) is 0.811. The van der Waals surface area contributed by atoms with E-state index in [0.717, 1.165) is 19.3 Å². The highest BCUT2D eigenvalue weighted by molar-refractivity contribution is 6.23. The summed E-state index contributed by atoms with van der Waals surface area (Å²) in [6, 6.07) is 13.8. The van der Waals surface area contributed by atoms with Crippen LogP contribution in [0.3, 0.4) is 0 Å². The lowest BCUT2D eigenvalue weighted by atomic mass is 9.81. The molecule has 3 aliphatic rings. The fourth-order valence-electron chi connectivity index (χ4n) is 5.33. The molecule has 29 heavy (non-hydrogen) atoms. The lowest BCUT2D eigenvalue weighted by Crippen LogP contribution is -2.33. The third-order valence-corrected chi connectivity index (χ3v) is 6.64. The fourth-order valence-corrected chi connectivity index (χ4v) is 5.33. The van der Waals surface area contributed by atoms with Gasteiger partial charge in [-0.3, -0.25) is 19.3 Å². The van der Waals surface area contributed by atoms with Crippen molar-refractivity contribution in [2.75, 3.05) is 17.3 Å². The zero-order valence-corrected chi connectivity index (χ0v) is 16.1. The minimum atomic E-state index is -0.295. The molecule has 0 radical (unpaired) electrons. The molecule has 0 aromatic heterocycles. The van der Waals surface area contributed by atoms with E-state index in [4.69, 9.17) is 4.74 Å². The number of fused-ring (bicyclic) bond motifs is 5. The highest BCUT2D eigenvalue weighted by Gasteiger charge is 2.61. The summed E-state index contributed by atoms with van der Waals surface area (Å²) in [7, 11) is 1.58. The molecule has 2 saturated carbocycles. The third kappa shape index (κ3) is 2.82. The molecule has 6 nitrogen and oxygen atoms in total. The summed E-state index contributed by atoms with van der Waals surface area (Å²) in [5.41, 5.74) is 1.52. The number of carbonyl (C=O) groups excluding carboxylic acids is 3. The predicted octanol–water partition coefficient (Wildman–Crippen LogP) is 3.48. The van der Waals surface area contributed by atoms with Crippen LogP contribution in [-0.2, 0) is 9.59 Å². The third-order valence-electron chi connectivity index (χ3n) is 6.64. The van der Waals surface area contributed by atoms with E-state index >= 15 is 0 Å². The van der Waals surface area contributed by atoms with Gasteiger partial charge in [-0.15, -0.1) is 0 Å². The summed E-state index contributed by atoms with van der Waals surface area (Å²) in [6.07, 6.45) is 3.09. The van der Waals surface area contributed by atoms with Crippen molar-refractivity contribution >= 4 is 29.1 Å². The average Bonchev–Trinajstić information content (AvgIpc) is 3.42. The molecule has 3 amide bonds. The number of amides is 3. The second-order valence-electron chi connectivity index (χ2n) is 8.13. The smallest absolute Gasteiger partial charge is 0.255 e. The van der Waals surface area contributed by atoms with Crippen LogP contribution in [0, 0.1) is 23.7 Å². The molecule has 5 rings (SSSR count). The Kier molecular flexibility index (Phi) is 4.15. The van der Waals surface area contributed by atoms with Crippen LogP contribution in [0.25, 0.3) is 0 Å². The molecule has 1 heterocycles. The standard InChI is InChI=1S/C23H22N2O4/c1-29-18-9-7-16(8-10-18)24-21(26)15-3-2-4-17(12-15)25-22(27)19-13-5-6-14(11-13)20(19)23(25)28/h2-4,7-10,12-14,19-20H,5-6,11H2,1H3,(H,24,26)/t13-,14-,19-,20-/m0/s1. The Morgan fingerprint density at radius 2 is 1.66 bits per heavy atom. The van der Waals surface area contributed by atoms with Crippen molar-refractivity contribution in [1.29, 1.82) is 0 Å². The number of carbonyl (C=O) groups is 3. The van der Waals surface area contributed by atoms with Crippen LogP contribution in [0.4, 0.5) is 11.4 Å². The maximum absolute atomic E-state index is 13.0. The van der Waals surface area contributed by atoms with Crippen LogP contribution in [0.1, 0.15) is 29.6 Å². The molecule has 2 aromatic rings. The van der Waals surface area contributed by atoms with Gasteiger partial charge in [0.05, 0.1) is 24.6 Å². The van der Waals surface area contributed by atoms with Gasteiger partial charge >= 0.3 is 0 Å². The highest BCUT2D eigenvalue weighted by atomic mass is 16.5. The first-order valence-corrected chi connectivity index (χ1v) is 10.00. The number of nitrogens with one attached hydrogen (secondary N) is 1.